The Balaban J connectivity index is 1.52. The van der Waals surface area contributed by atoms with Crippen molar-refractivity contribution in [1.29, 1.82) is 0 Å². The summed E-state index contributed by atoms with van der Waals surface area (Å²) >= 11 is 9.05. The van der Waals surface area contributed by atoms with Gasteiger partial charge in [0.05, 0.1) is 6.54 Å². The normalized spacial score (nSPS) is 16.5. The van der Waals surface area contributed by atoms with E-state index in [9.17, 15) is 9.59 Å². The number of thiocarbonyl (C=S) groups is 1. The number of benzene rings is 1. The lowest BCUT2D eigenvalue weighted by Gasteiger charge is -2.36. The molecule has 0 bridgehead atoms. The van der Waals surface area contributed by atoms with Crippen molar-refractivity contribution in [2.24, 2.45) is 14.1 Å². The Morgan fingerprint density at radius 3 is 2.39 bits per heavy atom. The smallest absolute Gasteiger partial charge is 0.332 e. The maximum atomic E-state index is 13.1. The van der Waals surface area contributed by atoms with Crippen molar-refractivity contribution < 1.29 is 0 Å². The van der Waals surface area contributed by atoms with Crippen molar-refractivity contribution in [3.63, 3.8) is 0 Å². The number of hydrogen-bond acceptors (Lipinski definition) is 5. The molecule has 33 heavy (non-hydrogen) atoms. The fourth-order valence-electron chi connectivity index (χ4n) is 4.20. The molecule has 5 rings (SSSR count). The van der Waals surface area contributed by atoms with Crippen molar-refractivity contribution in [1.82, 2.24) is 28.9 Å². The van der Waals surface area contributed by atoms with Crippen LogP contribution in [0.2, 0.25) is 0 Å². The maximum absolute atomic E-state index is 13.1. The Hall–Kier alpha value is -2.66. The van der Waals surface area contributed by atoms with Crippen LogP contribution in [0.15, 0.2) is 38.3 Å². The molecule has 0 amide bonds. The predicted octanol–water partition coefficient (Wildman–Crippen LogP) is 1.40. The highest BCUT2D eigenvalue weighted by atomic mass is 79.9. The molecule has 11 heteroatoms. The second kappa shape index (κ2) is 8.60. The lowest BCUT2D eigenvalue weighted by atomic mass is 10.2. The molecule has 0 spiro atoms. The second-order valence-corrected chi connectivity index (χ2v) is 10.0. The average molecular weight is 532 g/mol. The van der Waals surface area contributed by atoms with Gasteiger partial charge >= 0.3 is 5.69 Å². The van der Waals surface area contributed by atoms with Gasteiger partial charge in [-0.05, 0) is 42.8 Å². The number of halogens is 1. The molecule has 2 fully saturated rings. The first-order chi connectivity index (χ1) is 15.8. The molecule has 0 radical (unpaired) electrons. The van der Waals surface area contributed by atoms with Crippen LogP contribution in [0, 0.1) is 0 Å². The van der Waals surface area contributed by atoms with E-state index in [0.29, 0.717) is 29.7 Å². The summed E-state index contributed by atoms with van der Waals surface area (Å²) in [6.45, 7) is 3.48. The monoisotopic (exact) mass is 531 g/mol. The summed E-state index contributed by atoms with van der Waals surface area (Å²) in [7, 11) is 3.16. The van der Waals surface area contributed by atoms with Crippen LogP contribution in [-0.4, -0.2) is 60.9 Å². The first kappa shape index (κ1) is 22.1. The molecular weight excluding hydrogens is 506 g/mol. The molecular formula is C22H26BrN7O2S. The molecule has 1 saturated carbocycles. The third kappa shape index (κ3) is 4.19. The van der Waals surface area contributed by atoms with Crippen LogP contribution in [0.25, 0.3) is 11.2 Å². The van der Waals surface area contributed by atoms with Crippen molar-refractivity contribution in [3.8, 4) is 0 Å². The molecule has 1 aliphatic carbocycles. The van der Waals surface area contributed by atoms with Crippen molar-refractivity contribution in [3.05, 3.63) is 55.1 Å². The molecule has 2 aliphatic rings. The number of nitrogens with one attached hydrogen (secondary N) is 1. The minimum atomic E-state index is -0.381. The lowest BCUT2D eigenvalue weighted by Crippen LogP contribution is -2.52. The van der Waals surface area contributed by atoms with Gasteiger partial charge in [0.15, 0.2) is 16.3 Å². The van der Waals surface area contributed by atoms with Crippen molar-refractivity contribution in [2.45, 2.75) is 25.4 Å². The molecule has 174 valence electrons. The molecule has 0 unspecified atom stereocenters. The third-order valence-electron chi connectivity index (χ3n) is 6.34. The standard InChI is InChI=1S/C22H26BrN7O2S/c1-26-18-17(19(31)27(2)22(26)32)30(13-14-3-5-15(23)6-4-14)20(25-18)28-9-11-29(12-10-28)21(33)24-16-7-8-16/h3-6,16H,7-13H2,1-2H3,(H,24,33). The highest BCUT2D eigenvalue weighted by molar-refractivity contribution is 9.10. The maximum Gasteiger partial charge on any atom is 0.332 e. The fraction of sp³-hybridized carbons (Fsp3) is 0.455. The topological polar surface area (TPSA) is 80.3 Å². The molecule has 9 nitrogen and oxygen atoms in total. The molecule has 3 aromatic rings. The summed E-state index contributed by atoms with van der Waals surface area (Å²) in [4.78, 5) is 34.9. The Morgan fingerprint density at radius 1 is 1.09 bits per heavy atom. The first-order valence-electron chi connectivity index (χ1n) is 11.0. The average Bonchev–Trinajstić information content (AvgIpc) is 3.56. The predicted molar refractivity (Wildman–Crippen MR) is 136 cm³/mol. The van der Waals surface area contributed by atoms with E-state index in [1.165, 1.54) is 24.5 Å². The van der Waals surface area contributed by atoms with Gasteiger partial charge in [0.1, 0.15) is 0 Å². The van der Waals surface area contributed by atoms with Crippen LogP contribution in [0.3, 0.4) is 0 Å². The van der Waals surface area contributed by atoms with Crippen molar-refractivity contribution in [2.75, 3.05) is 31.1 Å². The lowest BCUT2D eigenvalue weighted by molar-refractivity contribution is 0.376. The molecule has 3 heterocycles. The fourth-order valence-corrected chi connectivity index (χ4v) is 4.82. The van der Waals surface area contributed by atoms with Gasteiger partial charge in [0.2, 0.25) is 5.95 Å². The van der Waals surface area contributed by atoms with E-state index in [2.05, 4.69) is 31.0 Å². The Bertz CT molecular complexity index is 1330. The first-order valence-corrected chi connectivity index (χ1v) is 12.2. The van der Waals surface area contributed by atoms with E-state index in [1.807, 2.05) is 28.8 Å². The summed E-state index contributed by atoms with van der Waals surface area (Å²) < 4.78 is 5.53. The Kier molecular flexibility index (Phi) is 5.77. The van der Waals surface area contributed by atoms with Crippen LogP contribution in [0.4, 0.5) is 5.95 Å². The van der Waals surface area contributed by atoms with E-state index in [0.717, 1.165) is 45.9 Å². The molecule has 1 N–H and O–H groups in total. The zero-order valence-corrected chi connectivity index (χ0v) is 21.0. The number of piperazine rings is 1. The van der Waals surface area contributed by atoms with Gasteiger partial charge in [-0.2, -0.15) is 4.98 Å². The van der Waals surface area contributed by atoms with Crippen LogP contribution in [0.1, 0.15) is 18.4 Å². The van der Waals surface area contributed by atoms with Gasteiger partial charge in [-0.15, -0.1) is 0 Å². The summed E-state index contributed by atoms with van der Waals surface area (Å²) in [5, 5.41) is 4.22. The number of anilines is 1. The number of nitrogens with zero attached hydrogens (tertiary/aromatic N) is 6. The summed E-state index contributed by atoms with van der Waals surface area (Å²) in [6.07, 6.45) is 2.38. The van der Waals surface area contributed by atoms with Crippen LogP contribution < -0.4 is 21.5 Å². The quantitative estimate of drug-likeness (QED) is 0.509. The Morgan fingerprint density at radius 2 is 1.76 bits per heavy atom. The van der Waals surface area contributed by atoms with E-state index in [4.69, 9.17) is 17.2 Å². The minimum absolute atomic E-state index is 0.336. The summed E-state index contributed by atoms with van der Waals surface area (Å²) in [5.74, 6) is 0.701. The number of fused-ring (bicyclic) bond motifs is 1. The largest absolute Gasteiger partial charge is 0.360 e. The molecule has 1 aromatic carbocycles. The number of aromatic nitrogens is 4. The molecule has 1 saturated heterocycles. The summed E-state index contributed by atoms with van der Waals surface area (Å²) in [6, 6.07) is 8.53. The second-order valence-electron chi connectivity index (χ2n) is 8.70. The number of aryl methyl sites for hydroxylation is 1. The van der Waals surface area contributed by atoms with Gasteiger partial charge < -0.3 is 15.1 Å². The van der Waals surface area contributed by atoms with E-state index >= 15 is 0 Å². The number of rotatable bonds is 4. The van der Waals surface area contributed by atoms with Gasteiger partial charge in [-0.3, -0.25) is 18.5 Å². The van der Waals surface area contributed by atoms with Crippen LogP contribution in [0.5, 0.6) is 0 Å². The highest BCUT2D eigenvalue weighted by Crippen LogP contribution is 2.24. The zero-order chi connectivity index (χ0) is 23.3. The van der Waals surface area contributed by atoms with Crippen LogP contribution in [-0.2, 0) is 20.6 Å². The van der Waals surface area contributed by atoms with Gasteiger partial charge in [0, 0.05) is 50.8 Å². The number of hydrogen-bond donors (Lipinski definition) is 1. The van der Waals surface area contributed by atoms with E-state index in [-0.39, 0.29) is 11.2 Å². The number of imidazole rings is 1. The van der Waals surface area contributed by atoms with Gasteiger partial charge in [-0.25, -0.2) is 4.79 Å². The minimum Gasteiger partial charge on any atom is -0.360 e. The van der Waals surface area contributed by atoms with E-state index in [1.54, 1.807) is 7.05 Å². The van der Waals surface area contributed by atoms with Gasteiger partial charge in [-0.1, -0.05) is 28.1 Å². The zero-order valence-electron chi connectivity index (χ0n) is 18.6. The molecule has 2 aromatic heterocycles. The molecule has 0 atom stereocenters. The Labute approximate surface area is 204 Å². The van der Waals surface area contributed by atoms with Gasteiger partial charge in [0.25, 0.3) is 5.56 Å². The van der Waals surface area contributed by atoms with E-state index < -0.39 is 0 Å². The highest BCUT2D eigenvalue weighted by Gasteiger charge is 2.28. The van der Waals surface area contributed by atoms with Crippen molar-refractivity contribution >= 4 is 50.4 Å². The van der Waals surface area contributed by atoms with Crippen LogP contribution >= 0.6 is 28.1 Å². The summed E-state index contributed by atoms with van der Waals surface area (Å²) in [5.41, 5.74) is 1.17. The third-order valence-corrected chi connectivity index (χ3v) is 7.24. The SMILES string of the molecule is Cn1c(=O)c2c(nc(N3CCN(C(=S)NC4CC4)CC3)n2Cc2ccc(Br)cc2)n(C)c1=O. The molecule has 1 aliphatic heterocycles.